The highest BCUT2D eigenvalue weighted by Gasteiger charge is 2.07. The van der Waals surface area contributed by atoms with Gasteiger partial charge >= 0.3 is 0 Å². The minimum atomic E-state index is -0.336. The molecule has 0 saturated heterocycles. The van der Waals surface area contributed by atoms with Crippen molar-refractivity contribution in [3.63, 3.8) is 0 Å². The van der Waals surface area contributed by atoms with Crippen LogP contribution in [-0.4, -0.2) is 10.9 Å². The summed E-state index contributed by atoms with van der Waals surface area (Å²) in [6.45, 7) is 0. The summed E-state index contributed by atoms with van der Waals surface area (Å²) in [6, 6.07) is 11.4. The van der Waals surface area contributed by atoms with E-state index in [1.807, 2.05) is 36.4 Å². The first-order valence-corrected chi connectivity index (χ1v) is 5.93. The van der Waals surface area contributed by atoms with Crippen molar-refractivity contribution in [3.05, 3.63) is 54.4 Å². The van der Waals surface area contributed by atoms with Gasteiger partial charge in [-0.2, -0.15) is 0 Å². The number of hydrogen-bond acceptors (Lipinski definition) is 3. The Morgan fingerprint density at radius 3 is 2.68 bits per heavy atom. The van der Waals surface area contributed by atoms with Crippen molar-refractivity contribution in [1.82, 2.24) is 4.98 Å². The lowest BCUT2D eigenvalue weighted by Crippen LogP contribution is -2.13. The molecule has 0 atom stereocenters. The molecule has 0 radical (unpaired) electrons. The van der Waals surface area contributed by atoms with Gasteiger partial charge in [-0.3, -0.25) is 9.78 Å². The van der Waals surface area contributed by atoms with Crippen LogP contribution in [0.5, 0.6) is 0 Å². The van der Waals surface area contributed by atoms with Crippen LogP contribution in [0.3, 0.4) is 0 Å². The Balaban J connectivity index is 2.04. The quantitative estimate of drug-likeness (QED) is 0.778. The third-order valence-electron chi connectivity index (χ3n) is 2.92. The van der Waals surface area contributed by atoms with Crippen molar-refractivity contribution in [2.45, 2.75) is 6.42 Å². The third-order valence-corrected chi connectivity index (χ3v) is 2.92. The largest absolute Gasteiger partial charge is 0.456 e. The van der Waals surface area contributed by atoms with Crippen molar-refractivity contribution in [2.75, 3.05) is 0 Å². The number of nitrogens with zero attached hydrogens (tertiary/aromatic N) is 1. The number of fused-ring (bicyclic) bond motifs is 1. The van der Waals surface area contributed by atoms with Gasteiger partial charge in [-0.25, -0.2) is 0 Å². The standard InChI is InChI=1S/C15H12N2O2/c16-15(18)8-10-1-2-13-12(7-10)9-14(19-13)11-3-5-17-6-4-11/h1-7,9H,8H2,(H2,16,18). The Bertz CT molecular complexity index is 732. The van der Waals surface area contributed by atoms with Crippen LogP contribution in [0.15, 0.2) is 53.2 Å². The first-order valence-electron chi connectivity index (χ1n) is 5.93. The molecule has 0 spiro atoms. The average molecular weight is 252 g/mol. The molecule has 0 unspecified atom stereocenters. The maximum atomic E-state index is 10.9. The minimum Gasteiger partial charge on any atom is -0.456 e. The predicted octanol–water partition coefficient (Wildman–Crippen LogP) is 2.52. The highest BCUT2D eigenvalue weighted by atomic mass is 16.3. The molecular weight excluding hydrogens is 240 g/mol. The van der Waals surface area contributed by atoms with E-state index < -0.39 is 0 Å². The second-order valence-electron chi connectivity index (χ2n) is 4.36. The molecule has 1 amide bonds. The van der Waals surface area contributed by atoms with E-state index in [0.717, 1.165) is 27.9 Å². The summed E-state index contributed by atoms with van der Waals surface area (Å²) in [6.07, 6.45) is 3.69. The zero-order chi connectivity index (χ0) is 13.2. The van der Waals surface area contributed by atoms with Gasteiger partial charge in [0.1, 0.15) is 11.3 Å². The lowest BCUT2D eigenvalue weighted by molar-refractivity contribution is -0.117. The van der Waals surface area contributed by atoms with E-state index in [-0.39, 0.29) is 12.3 Å². The van der Waals surface area contributed by atoms with Crippen LogP contribution in [-0.2, 0) is 11.2 Å². The van der Waals surface area contributed by atoms with Crippen LogP contribution in [0.25, 0.3) is 22.3 Å². The first-order chi connectivity index (χ1) is 9.22. The van der Waals surface area contributed by atoms with Gasteiger partial charge in [-0.15, -0.1) is 0 Å². The molecule has 0 aliphatic heterocycles. The van der Waals surface area contributed by atoms with Crippen molar-refractivity contribution < 1.29 is 9.21 Å². The fourth-order valence-electron chi connectivity index (χ4n) is 2.06. The number of nitrogens with two attached hydrogens (primary N) is 1. The summed E-state index contributed by atoms with van der Waals surface area (Å²) in [5.41, 5.74) is 7.85. The molecule has 0 aliphatic rings. The molecule has 3 rings (SSSR count). The number of aromatic nitrogens is 1. The summed E-state index contributed by atoms with van der Waals surface area (Å²) in [7, 11) is 0. The van der Waals surface area contributed by atoms with E-state index >= 15 is 0 Å². The molecule has 94 valence electrons. The second-order valence-corrected chi connectivity index (χ2v) is 4.36. The SMILES string of the molecule is NC(=O)Cc1ccc2oc(-c3ccncc3)cc2c1. The third kappa shape index (κ3) is 2.33. The van der Waals surface area contributed by atoms with Gasteiger partial charge in [0.05, 0.1) is 6.42 Å². The molecule has 0 aliphatic carbocycles. The minimum absolute atomic E-state index is 0.242. The number of primary amides is 1. The number of benzene rings is 1. The molecule has 0 saturated carbocycles. The lowest BCUT2D eigenvalue weighted by atomic mass is 10.1. The molecule has 0 fully saturated rings. The summed E-state index contributed by atoms with van der Waals surface area (Å²) in [5.74, 6) is 0.450. The summed E-state index contributed by atoms with van der Waals surface area (Å²) >= 11 is 0. The Kier molecular flexibility index (Phi) is 2.76. The Morgan fingerprint density at radius 2 is 1.95 bits per heavy atom. The van der Waals surface area contributed by atoms with Gasteiger partial charge in [-0.1, -0.05) is 6.07 Å². The van der Waals surface area contributed by atoms with Crippen LogP contribution in [0.1, 0.15) is 5.56 Å². The van der Waals surface area contributed by atoms with Crippen molar-refractivity contribution in [1.29, 1.82) is 0 Å². The molecule has 3 aromatic rings. The van der Waals surface area contributed by atoms with Crippen LogP contribution in [0.4, 0.5) is 0 Å². The average Bonchev–Trinajstić information content (AvgIpc) is 2.82. The molecular formula is C15H12N2O2. The van der Waals surface area contributed by atoms with Crippen molar-refractivity contribution in [3.8, 4) is 11.3 Å². The van der Waals surface area contributed by atoms with Crippen LogP contribution < -0.4 is 5.73 Å². The Hall–Kier alpha value is -2.62. The monoisotopic (exact) mass is 252 g/mol. The predicted molar refractivity (Wildman–Crippen MR) is 72.3 cm³/mol. The highest BCUT2D eigenvalue weighted by Crippen LogP contribution is 2.28. The van der Waals surface area contributed by atoms with Crippen molar-refractivity contribution >= 4 is 16.9 Å². The molecule has 4 nitrogen and oxygen atoms in total. The number of furan rings is 1. The summed E-state index contributed by atoms with van der Waals surface area (Å²) < 4.78 is 5.77. The molecule has 1 aromatic carbocycles. The van der Waals surface area contributed by atoms with E-state index in [0.29, 0.717) is 0 Å². The molecule has 4 heteroatoms. The topological polar surface area (TPSA) is 69.1 Å². The van der Waals surface area contributed by atoms with E-state index in [4.69, 9.17) is 10.2 Å². The van der Waals surface area contributed by atoms with Gasteiger partial charge in [-0.05, 0) is 35.9 Å². The fourth-order valence-corrected chi connectivity index (χ4v) is 2.06. The maximum Gasteiger partial charge on any atom is 0.221 e. The van der Waals surface area contributed by atoms with Gasteiger partial charge in [0, 0.05) is 23.3 Å². The Morgan fingerprint density at radius 1 is 1.16 bits per heavy atom. The molecule has 2 aromatic heterocycles. The lowest BCUT2D eigenvalue weighted by Gasteiger charge is -1.96. The highest BCUT2D eigenvalue weighted by molar-refractivity contribution is 5.85. The first kappa shape index (κ1) is 11.5. The summed E-state index contributed by atoms with van der Waals surface area (Å²) in [4.78, 5) is 14.9. The van der Waals surface area contributed by atoms with E-state index in [9.17, 15) is 4.79 Å². The van der Waals surface area contributed by atoms with E-state index in [2.05, 4.69) is 4.98 Å². The smallest absolute Gasteiger partial charge is 0.221 e. The molecule has 2 heterocycles. The van der Waals surface area contributed by atoms with Gasteiger partial charge in [0.15, 0.2) is 0 Å². The van der Waals surface area contributed by atoms with Crippen LogP contribution in [0.2, 0.25) is 0 Å². The normalized spacial score (nSPS) is 10.7. The van der Waals surface area contributed by atoms with Gasteiger partial charge in [0.25, 0.3) is 0 Å². The summed E-state index contributed by atoms with van der Waals surface area (Å²) in [5, 5.41) is 0.963. The maximum absolute atomic E-state index is 10.9. The fraction of sp³-hybridized carbons (Fsp3) is 0.0667. The number of amides is 1. The zero-order valence-corrected chi connectivity index (χ0v) is 10.2. The Labute approximate surface area is 109 Å². The van der Waals surface area contributed by atoms with Crippen LogP contribution in [0, 0.1) is 0 Å². The number of carbonyl (C=O) groups excluding carboxylic acids is 1. The second kappa shape index (κ2) is 4.57. The number of pyridine rings is 1. The molecule has 2 N–H and O–H groups in total. The zero-order valence-electron chi connectivity index (χ0n) is 10.2. The molecule has 0 bridgehead atoms. The van der Waals surface area contributed by atoms with E-state index in [1.54, 1.807) is 12.4 Å². The van der Waals surface area contributed by atoms with Crippen LogP contribution >= 0.6 is 0 Å². The molecule has 19 heavy (non-hydrogen) atoms. The van der Waals surface area contributed by atoms with Gasteiger partial charge < -0.3 is 10.2 Å². The number of rotatable bonds is 3. The number of carbonyl (C=O) groups is 1. The van der Waals surface area contributed by atoms with E-state index in [1.165, 1.54) is 0 Å². The van der Waals surface area contributed by atoms with Crippen molar-refractivity contribution in [2.24, 2.45) is 5.73 Å². The number of hydrogen-bond donors (Lipinski definition) is 1. The van der Waals surface area contributed by atoms with Gasteiger partial charge in [0.2, 0.25) is 5.91 Å².